The highest BCUT2D eigenvalue weighted by Crippen LogP contribution is 2.22. The Morgan fingerprint density at radius 1 is 1.38 bits per heavy atom. The van der Waals surface area contributed by atoms with Gasteiger partial charge in [-0.15, -0.1) is 0 Å². The second-order valence-corrected chi connectivity index (χ2v) is 4.90. The van der Waals surface area contributed by atoms with Gasteiger partial charge in [-0.1, -0.05) is 19.1 Å². The molecular weight excluding hydrogens is 220 g/mol. The maximum Gasteiger partial charge on any atom is 0.119 e. The molecule has 1 unspecified atom stereocenters. The van der Waals surface area contributed by atoms with E-state index in [9.17, 15) is 5.11 Å². The summed E-state index contributed by atoms with van der Waals surface area (Å²) >= 11 is 1.85. The van der Waals surface area contributed by atoms with Gasteiger partial charge in [0.1, 0.15) is 5.75 Å². The number of rotatable bonds is 7. The van der Waals surface area contributed by atoms with Crippen molar-refractivity contribution in [2.45, 2.75) is 26.4 Å². The van der Waals surface area contributed by atoms with Crippen LogP contribution in [0, 0.1) is 0 Å². The third kappa shape index (κ3) is 4.45. The van der Waals surface area contributed by atoms with E-state index in [1.165, 1.54) is 0 Å². The van der Waals surface area contributed by atoms with Crippen LogP contribution in [0.3, 0.4) is 0 Å². The van der Waals surface area contributed by atoms with Crippen molar-refractivity contribution >= 4 is 11.8 Å². The smallest absolute Gasteiger partial charge is 0.119 e. The highest BCUT2D eigenvalue weighted by Gasteiger charge is 2.07. The zero-order valence-corrected chi connectivity index (χ0v) is 10.8. The lowest BCUT2D eigenvalue weighted by atomic mass is 10.1. The molecule has 0 aliphatic carbocycles. The summed E-state index contributed by atoms with van der Waals surface area (Å²) in [6.07, 6.45) is 0.424. The van der Waals surface area contributed by atoms with Crippen molar-refractivity contribution in [1.82, 2.24) is 0 Å². The molecular formula is C13H20O2S. The molecule has 0 aliphatic heterocycles. The maximum atomic E-state index is 9.97. The van der Waals surface area contributed by atoms with Crippen LogP contribution in [0.25, 0.3) is 0 Å². The zero-order valence-electron chi connectivity index (χ0n) is 9.98. The van der Waals surface area contributed by atoms with E-state index in [1.54, 1.807) is 0 Å². The SMILES string of the molecule is CCOc1cccc(C(O)CCSCC)c1. The first-order valence-corrected chi connectivity index (χ1v) is 6.92. The predicted molar refractivity (Wildman–Crippen MR) is 70.2 cm³/mol. The fourth-order valence-corrected chi connectivity index (χ4v) is 2.16. The zero-order chi connectivity index (χ0) is 11.8. The summed E-state index contributed by atoms with van der Waals surface area (Å²) in [6, 6.07) is 7.71. The molecule has 0 aromatic heterocycles. The van der Waals surface area contributed by atoms with Gasteiger partial charge in [-0.2, -0.15) is 11.8 Å². The van der Waals surface area contributed by atoms with E-state index < -0.39 is 0 Å². The Labute approximate surface area is 102 Å². The molecule has 1 aromatic carbocycles. The van der Waals surface area contributed by atoms with E-state index in [0.717, 1.165) is 29.2 Å². The molecule has 1 rings (SSSR count). The van der Waals surface area contributed by atoms with E-state index in [0.29, 0.717) is 6.61 Å². The first-order chi connectivity index (χ1) is 7.77. The number of hydrogen-bond acceptors (Lipinski definition) is 3. The van der Waals surface area contributed by atoms with E-state index in [4.69, 9.17) is 4.74 Å². The molecule has 1 N–H and O–H groups in total. The summed E-state index contributed by atoms with van der Waals surface area (Å²) in [5, 5.41) is 9.97. The standard InChI is InChI=1S/C13H20O2S/c1-3-15-12-7-5-6-11(10-12)13(14)8-9-16-4-2/h5-7,10,13-14H,3-4,8-9H2,1-2H3. The van der Waals surface area contributed by atoms with Crippen molar-refractivity contribution in [1.29, 1.82) is 0 Å². The second-order valence-electron chi connectivity index (χ2n) is 3.51. The minimum atomic E-state index is -0.376. The molecule has 0 saturated heterocycles. The Morgan fingerprint density at radius 3 is 2.88 bits per heavy atom. The fourth-order valence-electron chi connectivity index (χ4n) is 1.48. The highest BCUT2D eigenvalue weighted by molar-refractivity contribution is 7.99. The molecule has 0 bridgehead atoms. The van der Waals surface area contributed by atoms with E-state index in [-0.39, 0.29) is 6.10 Å². The minimum Gasteiger partial charge on any atom is -0.494 e. The van der Waals surface area contributed by atoms with Crippen molar-refractivity contribution < 1.29 is 9.84 Å². The van der Waals surface area contributed by atoms with E-state index >= 15 is 0 Å². The van der Waals surface area contributed by atoms with Crippen molar-refractivity contribution in [3.63, 3.8) is 0 Å². The predicted octanol–water partition coefficient (Wildman–Crippen LogP) is 3.26. The van der Waals surface area contributed by atoms with Gasteiger partial charge >= 0.3 is 0 Å². The van der Waals surface area contributed by atoms with Crippen LogP contribution in [0.4, 0.5) is 0 Å². The van der Waals surface area contributed by atoms with Crippen molar-refractivity contribution in [3.8, 4) is 5.75 Å². The molecule has 16 heavy (non-hydrogen) atoms. The van der Waals surface area contributed by atoms with E-state index in [1.807, 2.05) is 43.0 Å². The Hall–Kier alpha value is -0.670. The third-order valence-corrected chi connectivity index (χ3v) is 3.23. The molecule has 2 nitrogen and oxygen atoms in total. The van der Waals surface area contributed by atoms with Crippen LogP contribution in [0.5, 0.6) is 5.75 Å². The minimum absolute atomic E-state index is 0.376. The summed E-state index contributed by atoms with van der Waals surface area (Å²) in [6.45, 7) is 4.75. The average molecular weight is 240 g/mol. The number of aliphatic hydroxyl groups excluding tert-OH is 1. The van der Waals surface area contributed by atoms with Gasteiger partial charge in [0.25, 0.3) is 0 Å². The van der Waals surface area contributed by atoms with Crippen LogP contribution in [-0.4, -0.2) is 23.2 Å². The first kappa shape index (κ1) is 13.4. The lowest BCUT2D eigenvalue weighted by Crippen LogP contribution is -2.00. The van der Waals surface area contributed by atoms with Gasteiger partial charge < -0.3 is 9.84 Å². The van der Waals surface area contributed by atoms with Crippen LogP contribution in [0.2, 0.25) is 0 Å². The normalized spacial score (nSPS) is 12.4. The molecule has 1 atom stereocenters. The van der Waals surface area contributed by atoms with E-state index in [2.05, 4.69) is 6.92 Å². The topological polar surface area (TPSA) is 29.5 Å². The first-order valence-electron chi connectivity index (χ1n) is 5.76. The third-order valence-electron chi connectivity index (χ3n) is 2.29. The molecule has 0 spiro atoms. The van der Waals surface area contributed by atoms with Crippen molar-refractivity contribution in [2.75, 3.05) is 18.1 Å². The molecule has 0 amide bonds. The molecule has 0 saturated carbocycles. The monoisotopic (exact) mass is 240 g/mol. The van der Waals surface area contributed by atoms with Crippen molar-refractivity contribution in [2.24, 2.45) is 0 Å². The molecule has 0 aliphatic rings. The summed E-state index contributed by atoms with van der Waals surface area (Å²) in [7, 11) is 0. The van der Waals surface area contributed by atoms with Gasteiger partial charge in [0.05, 0.1) is 12.7 Å². The van der Waals surface area contributed by atoms with Gasteiger partial charge in [0.2, 0.25) is 0 Å². The average Bonchev–Trinajstić information content (AvgIpc) is 2.30. The Kier molecular flexibility index (Phi) is 6.34. The van der Waals surface area contributed by atoms with Crippen LogP contribution < -0.4 is 4.74 Å². The highest BCUT2D eigenvalue weighted by atomic mass is 32.2. The van der Waals surface area contributed by atoms with Gasteiger partial charge in [-0.05, 0) is 42.5 Å². The van der Waals surface area contributed by atoms with Crippen LogP contribution in [0.15, 0.2) is 24.3 Å². The Balaban J connectivity index is 2.53. The summed E-state index contributed by atoms with van der Waals surface area (Å²) < 4.78 is 5.41. The Morgan fingerprint density at radius 2 is 2.19 bits per heavy atom. The molecule has 0 radical (unpaired) electrons. The molecule has 0 heterocycles. The van der Waals surface area contributed by atoms with Crippen LogP contribution >= 0.6 is 11.8 Å². The molecule has 3 heteroatoms. The summed E-state index contributed by atoms with van der Waals surface area (Å²) in [4.78, 5) is 0. The van der Waals surface area contributed by atoms with Crippen LogP contribution in [-0.2, 0) is 0 Å². The lowest BCUT2D eigenvalue weighted by molar-refractivity contribution is 0.174. The van der Waals surface area contributed by atoms with Crippen LogP contribution in [0.1, 0.15) is 31.9 Å². The molecule has 1 aromatic rings. The second kappa shape index (κ2) is 7.58. The molecule has 90 valence electrons. The number of aliphatic hydroxyl groups is 1. The van der Waals surface area contributed by atoms with Gasteiger partial charge in [-0.25, -0.2) is 0 Å². The lowest BCUT2D eigenvalue weighted by Gasteiger charge is -2.12. The Bertz CT molecular complexity index is 302. The summed E-state index contributed by atoms with van der Waals surface area (Å²) in [5.74, 6) is 2.93. The largest absolute Gasteiger partial charge is 0.494 e. The fraction of sp³-hybridized carbons (Fsp3) is 0.538. The number of ether oxygens (including phenoxy) is 1. The van der Waals surface area contributed by atoms with Gasteiger partial charge in [0, 0.05) is 0 Å². The van der Waals surface area contributed by atoms with Crippen molar-refractivity contribution in [3.05, 3.63) is 29.8 Å². The number of benzene rings is 1. The van der Waals surface area contributed by atoms with Gasteiger partial charge in [0.15, 0.2) is 0 Å². The maximum absolute atomic E-state index is 9.97. The van der Waals surface area contributed by atoms with Gasteiger partial charge in [-0.3, -0.25) is 0 Å². The number of thioether (sulfide) groups is 1. The summed E-state index contributed by atoms with van der Waals surface area (Å²) in [5.41, 5.74) is 0.947. The molecule has 0 fully saturated rings. The quantitative estimate of drug-likeness (QED) is 0.742. The number of hydrogen-bond donors (Lipinski definition) is 1.